The summed E-state index contributed by atoms with van der Waals surface area (Å²) in [4.78, 5) is 50.1. The molecule has 2 aliphatic carbocycles. The summed E-state index contributed by atoms with van der Waals surface area (Å²) in [5, 5.41) is 16.4. The highest BCUT2D eigenvalue weighted by Gasteiger charge is 2.32. The fraction of sp³-hybridized carbons (Fsp3) is 0.203. The van der Waals surface area contributed by atoms with Gasteiger partial charge in [-0.1, -0.05) is 42.2 Å². The highest BCUT2D eigenvalue weighted by Crippen LogP contribution is 2.44. The molecule has 25 heteroatoms. The largest absolute Gasteiger partial charge is 0.487 e. The standard InChI is InChI=1S/C24H19ClFN3O3S.C20H17ClN2O4S.C19H15ClN4O2S.CH4/c1-14(31-19-10-5-15(6-11-19)22(30)27-2)21-24(33-20-12-7-17(25)13-28-20)32-23(29-21)16-3-8-18(26)9-4-16;1-25-19(24)13-4-7-15(8-5-13)26-11-16-20(27-18(23-16)12-2-3-12)28-17-9-6-14(21)10-22-17;20-13-3-6-17(21-9-13)27-19-16(23-18(26-19)11-1-2-11)10-25-14-4-5-15-12(7-14)8-22-24-15;/h3-14H,1-2H3,(H,27,30);4-10,12H,2-3,11H2,1H3;3-9,11H,1-2,10H2,(H,22,24);1H4. The number of pyridine rings is 3. The van der Waals surface area contributed by atoms with Crippen molar-refractivity contribution in [2.45, 2.75) is 102 Å². The molecule has 2 saturated carbocycles. The van der Waals surface area contributed by atoms with Gasteiger partial charge in [0.2, 0.25) is 5.89 Å². The first-order valence-electron chi connectivity index (χ1n) is 27.3. The second kappa shape index (κ2) is 29.7. The number of methoxy groups -OCH3 is 1. The lowest BCUT2D eigenvalue weighted by molar-refractivity contribution is 0.0600. The van der Waals surface area contributed by atoms with E-state index in [1.807, 2.05) is 43.3 Å². The second-order valence-electron chi connectivity index (χ2n) is 19.6. The third-order valence-corrected chi connectivity index (χ3v) is 16.6. The second-order valence-corrected chi connectivity index (χ2v) is 23.9. The summed E-state index contributed by atoms with van der Waals surface area (Å²) < 4.78 is 53.9. The molecule has 13 rings (SSSR count). The summed E-state index contributed by atoms with van der Waals surface area (Å²) in [6.45, 7) is 2.43. The summed E-state index contributed by atoms with van der Waals surface area (Å²) in [5.74, 6) is 3.76. The van der Waals surface area contributed by atoms with E-state index in [-0.39, 0.29) is 31.7 Å². The maximum Gasteiger partial charge on any atom is 0.337 e. The SMILES string of the molecule is C.CNC(=O)c1ccc(OC(C)c2nc(-c3ccc(F)cc3)oc2Sc2ccc(Cl)cn2)cc1.COC(=O)c1ccc(OCc2nc(C3CC3)oc2Sc2ccc(Cl)cn2)cc1.Clc1ccc(Sc2oc(C3CC3)nc2COc2ccc3[nH]ncc3c2)nc1. The summed E-state index contributed by atoms with van der Waals surface area (Å²) >= 11 is 21.9. The van der Waals surface area contributed by atoms with Gasteiger partial charge < -0.3 is 37.5 Å². The zero-order chi connectivity index (χ0) is 61.1. The normalized spacial score (nSPS) is 12.8. The van der Waals surface area contributed by atoms with Crippen LogP contribution < -0.4 is 19.5 Å². The van der Waals surface area contributed by atoms with Crippen LogP contribution in [-0.2, 0) is 18.0 Å². The number of esters is 1. The third-order valence-electron chi connectivity index (χ3n) is 13.1. The number of aromatic nitrogens is 8. The molecule has 2 fully saturated rings. The molecule has 1 amide bonds. The van der Waals surface area contributed by atoms with Gasteiger partial charge in [-0.25, -0.2) is 39.1 Å². The molecule has 0 saturated heterocycles. The fourth-order valence-electron chi connectivity index (χ4n) is 8.19. The summed E-state index contributed by atoms with van der Waals surface area (Å²) in [6.07, 6.45) is 10.5. The van der Waals surface area contributed by atoms with Crippen LogP contribution in [0, 0.1) is 5.82 Å². The van der Waals surface area contributed by atoms with Crippen LogP contribution in [0.3, 0.4) is 0 Å². The van der Waals surface area contributed by atoms with Crippen molar-refractivity contribution in [3.63, 3.8) is 0 Å². The highest BCUT2D eigenvalue weighted by atomic mass is 35.5. The fourth-order valence-corrected chi connectivity index (χ4v) is 11.0. The van der Waals surface area contributed by atoms with Gasteiger partial charge in [-0.2, -0.15) is 5.10 Å². The van der Waals surface area contributed by atoms with Crippen molar-refractivity contribution in [2.24, 2.45) is 0 Å². The molecule has 7 aromatic heterocycles. The minimum absolute atomic E-state index is 0. The molecule has 1 unspecified atom stereocenters. The molecule has 4 aromatic carbocycles. The van der Waals surface area contributed by atoms with E-state index in [9.17, 15) is 14.0 Å². The van der Waals surface area contributed by atoms with E-state index < -0.39 is 6.10 Å². The molecule has 2 N–H and O–H groups in total. The van der Waals surface area contributed by atoms with Crippen molar-refractivity contribution < 1.29 is 46.2 Å². The van der Waals surface area contributed by atoms with Crippen LogP contribution in [0.4, 0.5) is 4.39 Å². The molecule has 456 valence electrons. The number of H-pyrrole nitrogens is 1. The minimum atomic E-state index is -0.483. The first-order valence-corrected chi connectivity index (χ1v) is 30.9. The Morgan fingerprint density at radius 3 is 1.64 bits per heavy atom. The van der Waals surface area contributed by atoms with Crippen LogP contribution in [0.25, 0.3) is 22.4 Å². The molecule has 89 heavy (non-hydrogen) atoms. The quantitative estimate of drug-likeness (QED) is 0.0676. The summed E-state index contributed by atoms with van der Waals surface area (Å²) in [5.41, 5.74) is 4.68. The zero-order valence-electron chi connectivity index (χ0n) is 46.9. The van der Waals surface area contributed by atoms with Crippen molar-refractivity contribution in [3.8, 4) is 28.7 Å². The van der Waals surface area contributed by atoms with E-state index in [4.69, 9.17) is 67.0 Å². The number of fused-ring (bicyclic) bond motifs is 1. The summed E-state index contributed by atoms with van der Waals surface area (Å²) in [7, 11) is 2.93. The van der Waals surface area contributed by atoms with E-state index in [1.54, 1.807) is 111 Å². The van der Waals surface area contributed by atoms with Gasteiger partial charge in [0.25, 0.3) is 5.91 Å². The molecule has 2 aliphatic rings. The average Bonchev–Trinajstić information content (AvgIpc) is 2.33. The lowest BCUT2D eigenvalue weighted by Crippen LogP contribution is -2.17. The number of nitrogens with one attached hydrogen (secondary N) is 2. The van der Waals surface area contributed by atoms with E-state index in [1.165, 1.54) is 54.5 Å². The van der Waals surface area contributed by atoms with Gasteiger partial charge in [0, 0.05) is 54.0 Å². The Morgan fingerprint density at radius 1 is 0.629 bits per heavy atom. The van der Waals surface area contributed by atoms with Crippen LogP contribution in [0.1, 0.15) is 108 Å². The number of amides is 1. The molecule has 0 radical (unpaired) electrons. The lowest BCUT2D eigenvalue weighted by atomic mass is 10.2. The van der Waals surface area contributed by atoms with E-state index in [0.717, 1.165) is 80.6 Å². The van der Waals surface area contributed by atoms with E-state index >= 15 is 0 Å². The molecule has 0 aliphatic heterocycles. The molecule has 11 aromatic rings. The number of carbonyl (C=O) groups is 2. The predicted octanol–water partition coefficient (Wildman–Crippen LogP) is 17.1. The first-order chi connectivity index (χ1) is 42.8. The maximum atomic E-state index is 13.4. The number of carbonyl (C=O) groups excluding carboxylic acids is 2. The topological polar surface area (TPSA) is 229 Å². The van der Waals surface area contributed by atoms with Gasteiger partial charge in [-0.15, -0.1) is 0 Å². The number of aromatic amines is 1. The summed E-state index contributed by atoms with van der Waals surface area (Å²) in [6, 6.07) is 36.1. The van der Waals surface area contributed by atoms with Gasteiger partial charge in [0.1, 0.15) is 74.5 Å². The van der Waals surface area contributed by atoms with Gasteiger partial charge in [-0.3, -0.25) is 9.89 Å². The minimum Gasteiger partial charge on any atom is -0.487 e. The van der Waals surface area contributed by atoms with Crippen molar-refractivity contribution in [1.29, 1.82) is 0 Å². The van der Waals surface area contributed by atoms with Crippen LogP contribution >= 0.6 is 70.1 Å². The van der Waals surface area contributed by atoms with Crippen LogP contribution in [0.15, 0.2) is 196 Å². The van der Waals surface area contributed by atoms with E-state index in [0.29, 0.717) is 88.5 Å². The van der Waals surface area contributed by atoms with Crippen molar-refractivity contribution in [2.75, 3.05) is 14.2 Å². The van der Waals surface area contributed by atoms with Crippen molar-refractivity contribution in [1.82, 2.24) is 45.4 Å². The number of hydrogen-bond donors (Lipinski definition) is 2. The number of rotatable bonds is 20. The Labute approximate surface area is 538 Å². The smallest absolute Gasteiger partial charge is 0.337 e. The van der Waals surface area contributed by atoms with Gasteiger partial charge in [0.05, 0.1) is 39.5 Å². The van der Waals surface area contributed by atoms with Crippen molar-refractivity contribution in [3.05, 3.63) is 213 Å². The number of oxazole rings is 3. The number of hydrogen-bond acceptors (Lipinski definition) is 19. The maximum absolute atomic E-state index is 13.4. The molecule has 1 atom stereocenters. The molecular weight excluding hydrogens is 1260 g/mol. The molecule has 0 spiro atoms. The van der Waals surface area contributed by atoms with Crippen LogP contribution in [0.2, 0.25) is 15.1 Å². The predicted molar refractivity (Wildman–Crippen MR) is 337 cm³/mol. The van der Waals surface area contributed by atoms with Gasteiger partial charge in [0.15, 0.2) is 27.1 Å². The van der Waals surface area contributed by atoms with E-state index in [2.05, 4.69) is 45.4 Å². The van der Waals surface area contributed by atoms with Gasteiger partial charge in [-0.05, 0) is 195 Å². The molecular formula is C64H55Cl3FN9O9S3. The number of benzene rings is 4. The van der Waals surface area contributed by atoms with Crippen LogP contribution in [-0.4, -0.2) is 66.1 Å². The number of ether oxygens (including phenoxy) is 4. The Kier molecular flexibility index (Phi) is 21.3. The average molecular weight is 1320 g/mol. The Balaban J connectivity index is 0.000000147. The molecule has 7 heterocycles. The lowest BCUT2D eigenvalue weighted by Gasteiger charge is -2.13. The highest BCUT2D eigenvalue weighted by molar-refractivity contribution is 7.99. The number of nitrogens with zero attached hydrogens (tertiary/aromatic N) is 7. The number of halogens is 4. The Morgan fingerprint density at radius 2 is 1.13 bits per heavy atom. The monoisotopic (exact) mass is 1310 g/mol. The zero-order valence-corrected chi connectivity index (χ0v) is 51.7. The molecule has 18 nitrogen and oxygen atoms in total. The molecule has 0 bridgehead atoms. The van der Waals surface area contributed by atoms with Crippen LogP contribution in [0.5, 0.6) is 17.2 Å². The van der Waals surface area contributed by atoms with Crippen molar-refractivity contribution >= 4 is 92.9 Å². The van der Waals surface area contributed by atoms with Gasteiger partial charge >= 0.3 is 5.97 Å². The Bertz CT molecular complexity index is 4150. The third kappa shape index (κ3) is 17.3. The Hall–Kier alpha value is -8.38. The first kappa shape index (κ1) is 63.6.